The summed E-state index contributed by atoms with van der Waals surface area (Å²) in [4.78, 5) is 13.7. The average Bonchev–Trinajstić information content (AvgIpc) is 2.77. The molecule has 19 heavy (non-hydrogen) atoms. The molecule has 3 nitrogen and oxygen atoms in total. The number of carbonyl (C=O) groups excluding carboxylic acids is 1. The minimum Gasteiger partial charge on any atom is -0.396 e. The third-order valence-electron chi connectivity index (χ3n) is 2.63. The minimum absolute atomic E-state index is 0.0162. The van der Waals surface area contributed by atoms with Gasteiger partial charge >= 0.3 is 0 Å². The maximum Gasteiger partial charge on any atom is 0.253 e. The Balaban J connectivity index is 2.12. The Hall–Kier alpha value is -1.40. The second-order valence-electron chi connectivity index (χ2n) is 4.16. The van der Waals surface area contributed by atoms with Gasteiger partial charge in [0.1, 0.15) is 5.82 Å². The second kappa shape index (κ2) is 5.71. The van der Waals surface area contributed by atoms with Crippen LogP contribution in [0.2, 0.25) is 0 Å². The summed E-state index contributed by atoms with van der Waals surface area (Å²) in [5, 5.41) is 1.98. The van der Waals surface area contributed by atoms with E-state index >= 15 is 0 Å². The van der Waals surface area contributed by atoms with Crippen molar-refractivity contribution in [2.75, 3.05) is 12.8 Å². The highest BCUT2D eigenvalue weighted by atomic mass is 79.9. The maximum atomic E-state index is 13.1. The van der Waals surface area contributed by atoms with Crippen molar-refractivity contribution in [3.8, 4) is 0 Å². The van der Waals surface area contributed by atoms with Crippen molar-refractivity contribution in [1.29, 1.82) is 0 Å². The fraction of sp³-hybridized carbons (Fsp3) is 0.154. The van der Waals surface area contributed by atoms with Crippen LogP contribution in [0, 0.1) is 5.82 Å². The Labute approximate surface area is 123 Å². The zero-order chi connectivity index (χ0) is 14.0. The normalized spacial score (nSPS) is 10.5. The number of halogens is 2. The Bertz CT molecular complexity index is 614. The Kier molecular flexibility index (Phi) is 4.21. The van der Waals surface area contributed by atoms with Gasteiger partial charge in [-0.15, -0.1) is 11.3 Å². The first kappa shape index (κ1) is 14.0. The van der Waals surface area contributed by atoms with Gasteiger partial charge in [-0.1, -0.05) is 0 Å². The van der Waals surface area contributed by atoms with E-state index in [1.54, 1.807) is 23.3 Å². The van der Waals surface area contributed by atoms with Gasteiger partial charge in [-0.05, 0) is 51.1 Å². The van der Waals surface area contributed by atoms with E-state index in [2.05, 4.69) is 15.9 Å². The van der Waals surface area contributed by atoms with Crippen molar-refractivity contribution in [2.24, 2.45) is 0 Å². The number of carbonyl (C=O) groups is 1. The number of thiophene rings is 1. The molecule has 0 saturated carbocycles. The number of amides is 1. The molecule has 0 spiro atoms. The lowest BCUT2D eigenvalue weighted by Crippen LogP contribution is -2.26. The lowest BCUT2D eigenvalue weighted by molar-refractivity contribution is 0.0785. The van der Waals surface area contributed by atoms with E-state index in [4.69, 9.17) is 5.73 Å². The van der Waals surface area contributed by atoms with Crippen LogP contribution in [-0.4, -0.2) is 17.9 Å². The summed E-state index contributed by atoms with van der Waals surface area (Å²) in [5.74, 6) is -0.699. The SMILES string of the molecule is CN(Cc1csc(Br)c1)C(=O)c1ccc(F)c(N)c1. The Morgan fingerprint density at radius 3 is 2.79 bits per heavy atom. The first-order valence-electron chi connectivity index (χ1n) is 5.51. The lowest BCUT2D eigenvalue weighted by atomic mass is 10.1. The smallest absolute Gasteiger partial charge is 0.253 e. The Morgan fingerprint density at radius 1 is 1.47 bits per heavy atom. The molecular weight excluding hydrogens is 331 g/mol. The summed E-state index contributed by atoms with van der Waals surface area (Å²) in [5.41, 5.74) is 6.88. The molecule has 0 fully saturated rings. The van der Waals surface area contributed by atoms with Gasteiger partial charge in [-0.3, -0.25) is 4.79 Å². The predicted octanol–water partition coefficient (Wildman–Crippen LogP) is 3.50. The first-order chi connectivity index (χ1) is 8.97. The van der Waals surface area contributed by atoms with Crippen LogP contribution in [-0.2, 0) is 6.54 Å². The van der Waals surface area contributed by atoms with Gasteiger partial charge in [0.15, 0.2) is 0 Å². The predicted molar refractivity (Wildman–Crippen MR) is 78.6 cm³/mol. The summed E-state index contributed by atoms with van der Waals surface area (Å²) in [6.07, 6.45) is 0. The van der Waals surface area contributed by atoms with Gasteiger partial charge in [0.05, 0.1) is 9.47 Å². The fourth-order valence-electron chi connectivity index (χ4n) is 1.67. The molecule has 0 saturated heterocycles. The molecule has 0 atom stereocenters. The van der Waals surface area contributed by atoms with Crippen LogP contribution in [0.3, 0.4) is 0 Å². The maximum absolute atomic E-state index is 13.1. The highest BCUT2D eigenvalue weighted by Crippen LogP contribution is 2.22. The van der Waals surface area contributed by atoms with Crippen LogP contribution in [0.5, 0.6) is 0 Å². The molecule has 2 N–H and O–H groups in total. The molecule has 0 radical (unpaired) electrons. The Morgan fingerprint density at radius 2 is 2.21 bits per heavy atom. The molecule has 0 aliphatic heterocycles. The topological polar surface area (TPSA) is 46.3 Å². The number of nitrogens with two attached hydrogens (primary N) is 1. The van der Waals surface area contributed by atoms with Crippen molar-refractivity contribution >= 4 is 38.9 Å². The van der Waals surface area contributed by atoms with Gasteiger partial charge in [-0.25, -0.2) is 4.39 Å². The van der Waals surface area contributed by atoms with E-state index in [1.165, 1.54) is 18.2 Å². The molecule has 1 aromatic heterocycles. The molecule has 0 bridgehead atoms. The van der Waals surface area contributed by atoms with E-state index in [9.17, 15) is 9.18 Å². The van der Waals surface area contributed by atoms with Gasteiger partial charge in [0.2, 0.25) is 0 Å². The van der Waals surface area contributed by atoms with E-state index in [-0.39, 0.29) is 11.6 Å². The zero-order valence-corrected chi connectivity index (χ0v) is 12.6. The standard InChI is InChI=1S/C13H12BrFN2OS/c1-17(6-8-4-12(14)19-7-8)13(18)9-2-3-10(15)11(16)5-9/h2-5,7H,6,16H2,1H3. The first-order valence-corrected chi connectivity index (χ1v) is 7.18. The minimum atomic E-state index is -0.513. The molecule has 0 aliphatic carbocycles. The molecule has 0 unspecified atom stereocenters. The molecule has 2 rings (SSSR count). The quantitative estimate of drug-likeness (QED) is 0.867. The highest BCUT2D eigenvalue weighted by Gasteiger charge is 2.14. The largest absolute Gasteiger partial charge is 0.396 e. The molecule has 1 heterocycles. The molecular formula is C13H12BrFN2OS. The van der Waals surface area contributed by atoms with Crippen molar-refractivity contribution in [3.63, 3.8) is 0 Å². The third kappa shape index (κ3) is 3.33. The molecule has 2 aromatic rings. The number of rotatable bonds is 3. The van der Waals surface area contributed by atoms with Crippen LogP contribution >= 0.6 is 27.3 Å². The van der Waals surface area contributed by atoms with Crippen molar-refractivity contribution in [1.82, 2.24) is 4.90 Å². The number of hydrogen-bond donors (Lipinski definition) is 1. The second-order valence-corrected chi connectivity index (χ2v) is 6.45. The third-order valence-corrected chi connectivity index (χ3v) is 4.18. The fourth-order valence-corrected chi connectivity index (χ4v) is 2.87. The molecule has 0 aliphatic rings. The summed E-state index contributed by atoms with van der Waals surface area (Å²) >= 11 is 4.95. The monoisotopic (exact) mass is 342 g/mol. The van der Waals surface area contributed by atoms with Crippen molar-refractivity contribution < 1.29 is 9.18 Å². The van der Waals surface area contributed by atoms with E-state index < -0.39 is 5.82 Å². The molecule has 6 heteroatoms. The van der Waals surface area contributed by atoms with E-state index in [1.807, 2.05) is 11.4 Å². The average molecular weight is 343 g/mol. The van der Waals surface area contributed by atoms with E-state index in [0.717, 1.165) is 9.35 Å². The molecule has 1 amide bonds. The highest BCUT2D eigenvalue weighted by molar-refractivity contribution is 9.11. The van der Waals surface area contributed by atoms with Crippen LogP contribution in [0.4, 0.5) is 10.1 Å². The number of nitrogens with zero attached hydrogens (tertiary/aromatic N) is 1. The van der Waals surface area contributed by atoms with Gasteiger partial charge in [0, 0.05) is 19.2 Å². The number of nitrogen functional groups attached to an aromatic ring is 1. The van der Waals surface area contributed by atoms with Crippen LogP contribution < -0.4 is 5.73 Å². The van der Waals surface area contributed by atoms with Crippen LogP contribution in [0.15, 0.2) is 33.4 Å². The van der Waals surface area contributed by atoms with Gasteiger partial charge in [-0.2, -0.15) is 0 Å². The van der Waals surface area contributed by atoms with Crippen molar-refractivity contribution in [2.45, 2.75) is 6.54 Å². The van der Waals surface area contributed by atoms with E-state index in [0.29, 0.717) is 12.1 Å². The molecule has 1 aromatic carbocycles. The summed E-state index contributed by atoms with van der Waals surface area (Å²) in [6.45, 7) is 0.498. The van der Waals surface area contributed by atoms with Gasteiger partial charge < -0.3 is 10.6 Å². The molecule has 100 valence electrons. The van der Waals surface area contributed by atoms with Crippen molar-refractivity contribution in [3.05, 3.63) is 50.4 Å². The number of hydrogen-bond acceptors (Lipinski definition) is 3. The number of anilines is 1. The number of benzene rings is 1. The summed E-state index contributed by atoms with van der Waals surface area (Å²) in [6, 6.07) is 5.97. The van der Waals surface area contributed by atoms with Gasteiger partial charge in [0.25, 0.3) is 5.91 Å². The van der Waals surface area contributed by atoms with Crippen LogP contribution in [0.25, 0.3) is 0 Å². The lowest BCUT2D eigenvalue weighted by Gasteiger charge is -2.16. The summed E-state index contributed by atoms with van der Waals surface area (Å²) in [7, 11) is 1.70. The summed E-state index contributed by atoms with van der Waals surface area (Å²) < 4.78 is 14.1. The van der Waals surface area contributed by atoms with Crippen LogP contribution in [0.1, 0.15) is 15.9 Å². The zero-order valence-electron chi connectivity index (χ0n) is 10.2.